The van der Waals surface area contributed by atoms with Crippen LogP contribution in [0.5, 0.6) is 0 Å². The van der Waals surface area contributed by atoms with Gasteiger partial charge < -0.3 is 5.32 Å². The van der Waals surface area contributed by atoms with Gasteiger partial charge in [-0.3, -0.25) is 9.36 Å². The lowest BCUT2D eigenvalue weighted by molar-refractivity contribution is -0.113. The molecule has 0 aliphatic carbocycles. The molecule has 0 aliphatic heterocycles. The maximum Gasteiger partial charge on any atom is 0.234 e. The molecule has 1 heterocycles. The lowest BCUT2D eigenvalue weighted by atomic mass is 10.1. The van der Waals surface area contributed by atoms with Gasteiger partial charge in [0.1, 0.15) is 0 Å². The van der Waals surface area contributed by atoms with Crippen LogP contribution >= 0.6 is 11.8 Å². The summed E-state index contributed by atoms with van der Waals surface area (Å²) in [5, 5.41) is 12.5. The Balaban J connectivity index is 1.58. The molecule has 5 nitrogen and oxygen atoms in total. The highest BCUT2D eigenvalue weighted by Gasteiger charge is 2.17. The summed E-state index contributed by atoms with van der Waals surface area (Å²) < 4.78 is 1.99. The first-order valence-corrected chi connectivity index (χ1v) is 10.7. The topological polar surface area (TPSA) is 59.8 Å². The fourth-order valence-corrected chi connectivity index (χ4v) is 3.89. The van der Waals surface area contributed by atoms with E-state index in [0.29, 0.717) is 5.16 Å². The molecular formula is C24H22N4OS. The Kier molecular flexibility index (Phi) is 5.95. The van der Waals surface area contributed by atoms with Gasteiger partial charge in [0.25, 0.3) is 0 Å². The molecule has 1 N–H and O–H groups in total. The van der Waals surface area contributed by atoms with E-state index in [1.165, 1.54) is 11.8 Å². The average molecular weight is 415 g/mol. The molecule has 0 saturated carbocycles. The number of rotatable bonds is 6. The molecular weight excluding hydrogens is 392 g/mol. The number of anilines is 1. The molecule has 4 aromatic rings. The number of hydrogen-bond donors (Lipinski definition) is 1. The number of aromatic nitrogens is 3. The zero-order valence-electron chi connectivity index (χ0n) is 16.9. The lowest BCUT2D eigenvalue weighted by Crippen LogP contribution is -2.15. The smallest absolute Gasteiger partial charge is 0.234 e. The highest BCUT2D eigenvalue weighted by atomic mass is 32.2. The summed E-state index contributed by atoms with van der Waals surface area (Å²) in [6.07, 6.45) is 0. The van der Waals surface area contributed by atoms with E-state index in [-0.39, 0.29) is 11.7 Å². The van der Waals surface area contributed by atoms with E-state index >= 15 is 0 Å². The van der Waals surface area contributed by atoms with Crippen LogP contribution < -0.4 is 5.32 Å². The quantitative estimate of drug-likeness (QED) is 0.436. The van der Waals surface area contributed by atoms with Gasteiger partial charge in [-0.2, -0.15) is 0 Å². The van der Waals surface area contributed by atoms with Crippen molar-refractivity contribution in [2.24, 2.45) is 0 Å². The molecule has 0 radical (unpaired) electrons. The van der Waals surface area contributed by atoms with Crippen LogP contribution in [-0.2, 0) is 4.79 Å². The van der Waals surface area contributed by atoms with Crippen LogP contribution in [0.25, 0.3) is 17.1 Å². The summed E-state index contributed by atoms with van der Waals surface area (Å²) >= 11 is 1.37. The van der Waals surface area contributed by atoms with Crippen molar-refractivity contribution in [3.05, 3.63) is 90.0 Å². The van der Waals surface area contributed by atoms with Gasteiger partial charge >= 0.3 is 0 Å². The normalized spacial score (nSPS) is 10.7. The second-order valence-electron chi connectivity index (χ2n) is 7.00. The van der Waals surface area contributed by atoms with E-state index in [1.54, 1.807) is 0 Å². The third-order valence-electron chi connectivity index (χ3n) is 4.68. The van der Waals surface area contributed by atoms with Crippen molar-refractivity contribution < 1.29 is 4.79 Å². The van der Waals surface area contributed by atoms with Crippen LogP contribution in [0.1, 0.15) is 11.1 Å². The summed E-state index contributed by atoms with van der Waals surface area (Å²) in [5.41, 5.74) is 4.92. The van der Waals surface area contributed by atoms with Gasteiger partial charge in [0, 0.05) is 16.9 Å². The first-order chi connectivity index (χ1) is 14.6. The van der Waals surface area contributed by atoms with Crippen LogP contribution in [0.4, 0.5) is 5.69 Å². The van der Waals surface area contributed by atoms with Gasteiger partial charge in [0.2, 0.25) is 5.91 Å². The molecule has 4 rings (SSSR count). The third-order valence-corrected chi connectivity index (χ3v) is 5.61. The number of aryl methyl sites for hydroxylation is 2. The SMILES string of the molecule is Cc1ccc(C)c(NC(=O)CSc2nnc(-c3ccccc3)n2-c2ccccc2)c1. The standard InChI is InChI=1S/C24H22N4OS/c1-17-13-14-18(2)21(15-17)25-22(29)16-30-24-27-26-23(19-9-5-3-6-10-19)28(24)20-11-7-4-8-12-20/h3-15H,16H2,1-2H3,(H,25,29). The van der Waals surface area contributed by atoms with E-state index in [9.17, 15) is 4.79 Å². The first kappa shape index (κ1) is 19.9. The highest BCUT2D eigenvalue weighted by molar-refractivity contribution is 7.99. The molecule has 0 aliphatic rings. The van der Waals surface area contributed by atoms with E-state index < -0.39 is 0 Å². The van der Waals surface area contributed by atoms with Crippen molar-refractivity contribution in [1.29, 1.82) is 0 Å². The Bertz CT molecular complexity index is 1160. The minimum atomic E-state index is -0.0717. The van der Waals surface area contributed by atoms with E-state index in [2.05, 4.69) is 15.5 Å². The number of carbonyl (C=O) groups is 1. The van der Waals surface area contributed by atoms with Crippen LogP contribution in [0.3, 0.4) is 0 Å². The number of para-hydroxylation sites is 1. The maximum atomic E-state index is 12.6. The van der Waals surface area contributed by atoms with Crippen LogP contribution in [0, 0.1) is 13.8 Å². The van der Waals surface area contributed by atoms with Crippen LogP contribution in [0.15, 0.2) is 84.0 Å². The van der Waals surface area contributed by atoms with Crippen molar-refractivity contribution in [2.45, 2.75) is 19.0 Å². The second-order valence-corrected chi connectivity index (χ2v) is 7.94. The largest absolute Gasteiger partial charge is 0.325 e. The van der Waals surface area contributed by atoms with Gasteiger partial charge in [0.05, 0.1) is 5.75 Å². The maximum absolute atomic E-state index is 12.6. The summed E-state index contributed by atoms with van der Waals surface area (Å²) in [6.45, 7) is 4.00. The number of hydrogen-bond acceptors (Lipinski definition) is 4. The fraction of sp³-hybridized carbons (Fsp3) is 0.125. The van der Waals surface area contributed by atoms with Crippen LogP contribution in [-0.4, -0.2) is 26.4 Å². The Hall–Kier alpha value is -3.38. The van der Waals surface area contributed by atoms with E-state index in [1.807, 2.05) is 97.3 Å². The van der Waals surface area contributed by atoms with Crippen molar-refractivity contribution in [3.63, 3.8) is 0 Å². The summed E-state index contributed by atoms with van der Waals surface area (Å²) in [7, 11) is 0. The molecule has 1 amide bonds. The summed E-state index contributed by atoms with van der Waals surface area (Å²) in [5.74, 6) is 0.921. The highest BCUT2D eigenvalue weighted by Crippen LogP contribution is 2.28. The minimum Gasteiger partial charge on any atom is -0.325 e. The van der Waals surface area contributed by atoms with Gasteiger partial charge in [-0.25, -0.2) is 0 Å². The lowest BCUT2D eigenvalue weighted by Gasteiger charge is -2.11. The van der Waals surface area contributed by atoms with Crippen molar-refractivity contribution >= 4 is 23.4 Å². The van der Waals surface area contributed by atoms with Gasteiger partial charge in [-0.1, -0.05) is 72.4 Å². The molecule has 0 spiro atoms. The van der Waals surface area contributed by atoms with Crippen LogP contribution in [0.2, 0.25) is 0 Å². The van der Waals surface area contributed by atoms with E-state index in [4.69, 9.17) is 0 Å². The molecule has 0 fully saturated rings. The molecule has 6 heteroatoms. The Morgan fingerprint density at radius 1 is 0.933 bits per heavy atom. The van der Waals surface area contributed by atoms with Gasteiger partial charge in [-0.15, -0.1) is 10.2 Å². The Morgan fingerprint density at radius 2 is 1.63 bits per heavy atom. The van der Waals surface area contributed by atoms with Crippen molar-refractivity contribution in [2.75, 3.05) is 11.1 Å². The third kappa shape index (κ3) is 4.44. The van der Waals surface area contributed by atoms with Gasteiger partial charge in [-0.05, 0) is 43.2 Å². The number of carbonyl (C=O) groups excluding carboxylic acids is 1. The molecule has 0 bridgehead atoms. The predicted molar refractivity (Wildman–Crippen MR) is 122 cm³/mol. The zero-order valence-corrected chi connectivity index (χ0v) is 17.7. The fourth-order valence-electron chi connectivity index (χ4n) is 3.13. The summed E-state index contributed by atoms with van der Waals surface area (Å²) in [4.78, 5) is 12.6. The molecule has 30 heavy (non-hydrogen) atoms. The van der Waals surface area contributed by atoms with Crippen molar-refractivity contribution in [3.8, 4) is 17.1 Å². The molecule has 3 aromatic carbocycles. The average Bonchev–Trinajstić information content (AvgIpc) is 3.20. The molecule has 0 atom stereocenters. The first-order valence-electron chi connectivity index (χ1n) is 9.68. The number of benzene rings is 3. The predicted octanol–water partition coefficient (Wildman–Crippen LogP) is 5.28. The monoisotopic (exact) mass is 414 g/mol. The number of nitrogens with zero attached hydrogens (tertiary/aromatic N) is 3. The number of nitrogens with one attached hydrogen (secondary N) is 1. The molecule has 0 saturated heterocycles. The Morgan fingerprint density at radius 3 is 2.37 bits per heavy atom. The second kappa shape index (κ2) is 8.97. The minimum absolute atomic E-state index is 0.0717. The van der Waals surface area contributed by atoms with Crippen molar-refractivity contribution in [1.82, 2.24) is 14.8 Å². The molecule has 0 unspecified atom stereocenters. The zero-order chi connectivity index (χ0) is 20.9. The summed E-state index contributed by atoms with van der Waals surface area (Å²) in [6, 6.07) is 25.9. The van der Waals surface area contributed by atoms with E-state index in [0.717, 1.165) is 33.9 Å². The van der Waals surface area contributed by atoms with Gasteiger partial charge in [0.15, 0.2) is 11.0 Å². The number of thioether (sulfide) groups is 1. The molecule has 150 valence electrons. The molecule has 1 aromatic heterocycles. The Labute approximate surface area is 180 Å². The number of amides is 1.